The molecular weight excluding hydrogens is 198 g/mol. The fourth-order valence-corrected chi connectivity index (χ4v) is 1.78. The van der Waals surface area contributed by atoms with Gasteiger partial charge in [-0.3, -0.25) is 4.79 Å². The molecule has 0 saturated carbocycles. The van der Waals surface area contributed by atoms with Gasteiger partial charge in [-0.15, -0.1) is 11.3 Å². The van der Waals surface area contributed by atoms with Crippen LogP contribution in [0.2, 0.25) is 0 Å². The van der Waals surface area contributed by atoms with E-state index in [1.807, 2.05) is 18.4 Å². The van der Waals surface area contributed by atoms with E-state index in [1.165, 1.54) is 11.3 Å². The Bertz CT molecular complexity index is 272. The van der Waals surface area contributed by atoms with E-state index in [4.69, 9.17) is 0 Å². The monoisotopic (exact) mass is 213 g/mol. The summed E-state index contributed by atoms with van der Waals surface area (Å²) in [5.74, 6) is -0.102. The number of hydrogen-bond acceptors (Lipinski definition) is 3. The van der Waals surface area contributed by atoms with Gasteiger partial charge in [-0.25, -0.2) is 0 Å². The van der Waals surface area contributed by atoms with Crippen molar-refractivity contribution in [3.8, 4) is 0 Å². The first-order chi connectivity index (χ1) is 6.74. The molecule has 0 radical (unpaired) electrons. The van der Waals surface area contributed by atoms with Gasteiger partial charge < -0.3 is 10.4 Å². The van der Waals surface area contributed by atoms with Gasteiger partial charge in [0.1, 0.15) is 0 Å². The molecule has 2 N–H and O–H groups in total. The standard InChI is InChI=1S/C10H15NO2S/c1-2-4-8(12)7-11-10(13)9-5-3-6-14-9/h3,5-6,8,12H,2,4,7H2,1H3,(H,11,13). The third kappa shape index (κ3) is 3.47. The number of hydrogen-bond donors (Lipinski definition) is 2. The Labute approximate surface area is 87.8 Å². The highest BCUT2D eigenvalue weighted by Crippen LogP contribution is 2.07. The number of rotatable bonds is 5. The maximum absolute atomic E-state index is 11.4. The molecule has 1 aromatic heterocycles. The van der Waals surface area contributed by atoms with Crippen molar-refractivity contribution in [3.05, 3.63) is 22.4 Å². The van der Waals surface area contributed by atoms with Gasteiger partial charge in [-0.05, 0) is 17.9 Å². The summed E-state index contributed by atoms with van der Waals surface area (Å²) in [5, 5.41) is 13.9. The third-order valence-corrected chi connectivity index (χ3v) is 2.73. The van der Waals surface area contributed by atoms with E-state index in [1.54, 1.807) is 6.07 Å². The van der Waals surface area contributed by atoms with Crippen LogP contribution in [0.1, 0.15) is 29.4 Å². The van der Waals surface area contributed by atoms with E-state index < -0.39 is 6.10 Å². The molecule has 0 saturated heterocycles. The Kier molecular flexibility index (Phi) is 4.62. The van der Waals surface area contributed by atoms with E-state index >= 15 is 0 Å². The zero-order valence-electron chi connectivity index (χ0n) is 8.19. The largest absolute Gasteiger partial charge is 0.391 e. The van der Waals surface area contributed by atoms with Crippen molar-refractivity contribution in [3.63, 3.8) is 0 Å². The second-order valence-electron chi connectivity index (χ2n) is 3.13. The van der Waals surface area contributed by atoms with Crippen LogP contribution >= 0.6 is 11.3 Å². The Hall–Kier alpha value is -0.870. The zero-order valence-corrected chi connectivity index (χ0v) is 9.01. The Balaban J connectivity index is 2.28. The zero-order chi connectivity index (χ0) is 10.4. The lowest BCUT2D eigenvalue weighted by Gasteiger charge is -2.09. The number of amides is 1. The molecule has 1 atom stereocenters. The van der Waals surface area contributed by atoms with Crippen LogP contribution in [0.3, 0.4) is 0 Å². The lowest BCUT2D eigenvalue weighted by Crippen LogP contribution is -2.31. The number of aliphatic hydroxyl groups excluding tert-OH is 1. The molecule has 1 unspecified atom stereocenters. The Morgan fingerprint density at radius 1 is 1.71 bits per heavy atom. The normalized spacial score (nSPS) is 12.4. The van der Waals surface area contributed by atoms with Gasteiger partial charge in [0.25, 0.3) is 5.91 Å². The summed E-state index contributed by atoms with van der Waals surface area (Å²) in [5.41, 5.74) is 0. The summed E-state index contributed by atoms with van der Waals surface area (Å²) in [4.78, 5) is 12.1. The van der Waals surface area contributed by atoms with Gasteiger partial charge in [0.15, 0.2) is 0 Å². The molecule has 1 rings (SSSR count). The minimum Gasteiger partial charge on any atom is -0.391 e. The van der Waals surface area contributed by atoms with Crippen molar-refractivity contribution < 1.29 is 9.90 Å². The van der Waals surface area contributed by atoms with Gasteiger partial charge in [0, 0.05) is 6.54 Å². The maximum Gasteiger partial charge on any atom is 0.261 e. The number of carbonyl (C=O) groups is 1. The molecule has 0 aliphatic carbocycles. The highest BCUT2D eigenvalue weighted by molar-refractivity contribution is 7.12. The molecule has 14 heavy (non-hydrogen) atoms. The van der Waals surface area contributed by atoms with E-state index in [0.717, 1.165) is 12.8 Å². The first-order valence-corrected chi connectivity index (χ1v) is 5.61. The summed E-state index contributed by atoms with van der Waals surface area (Å²) in [6.07, 6.45) is 1.23. The molecule has 1 aromatic rings. The predicted octanol–water partition coefficient (Wildman–Crippen LogP) is 1.64. The highest BCUT2D eigenvalue weighted by Gasteiger charge is 2.08. The van der Waals surface area contributed by atoms with Gasteiger partial charge in [-0.1, -0.05) is 19.4 Å². The molecule has 1 amide bonds. The SMILES string of the molecule is CCCC(O)CNC(=O)c1cccs1. The molecular formula is C10H15NO2S. The fourth-order valence-electron chi connectivity index (χ4n) is 1.14. The summed E-state index contributed by atoms with van der Waals surface area (Å²) >= 11 is 1.40. The number of carbonyl (C=O) groups excluding carboxylic acids is 1. The second-order valence-corrected chi connectivity index (χ2v) is 4.08. The average molecular weight is 213 g/mol. The topological polar surface area (TPSA) is 49.3 Å². The van der Waals surface area contributed by atoms with E-state index in [2.05, 4.69) is 5.32 Å². The third-order valence-electron chi connectivity index (χ3n) is 1.87. The van der Waals surface area contributed by atoms with Gasteiger partial charge >= 0.3 is 0 Å². The maximum atomic E-state index is 11.4. The lowest BCUT2D eigenvalue weighted by atomic mass is 10.2. The Morgan fingerprint density at radius 2 is 2.50 bits per heavy atom. The smallest absolute Gasteiger partial charge is 0.261 e. The predicted molar refractivity (Wildman–Crippen MR) is 57.6 cm³/mol. The summed E-state index contributed by atoms with van der Waals surface area (Å²) in [6, 6.07) is 3.61. The molecule has 0 aromatic carbocycles. The van der Waals surface area contributed by atoms with Crippen LogP contribution in [-0.4, -0.2) is 23.7 Å². The van der Waals surface area contributed by atoms with Gasteiger partial charge in [0.2, 0.25) is 0 Å². The highest BCUT2D eigenvalue weighted by atomic mass is 32.1. The number of aliphatic hydroxyl groups is 1. The molecule has 4 heteroatoms. The van der Waals surface area contributed by atoms with Crippen molar-refractivity contribution in [1.29, 1.82) is 0 Å². The fraction of sp³-hybridized carbons (Fsp3) is 0.500. The van der Waals surface area contributed by atoms with Gasteiger partial charge in [0.05, 0.1) is 11.0 Å². The Morgan fingerprint density at radius 3 is 3.07 bits per heavy atom. The first-order valence-electron chi connectivity index (χ1n) is 4.73. The molecule has 0 bridgehead atoms. The van der Waals surface area contributed by atoms with Crippen LogP contribution in [0.5, 0.6) is 0 Å². The van der Waals surface area contributed by atoms with Crippen LogP contribution in [-0.2, 0) is 0 Å². The van der Waals surface area contributed by atoms with Crippen LogP contribution < -0.4 is 5.32 Å². The van der Waals surface area contributed by atoms with E-state index in [0.29, 0.717) is 11.4 Å². The second kappa shape index (κ2) is 5.78. The molecule has 0 spiro atoms. The number of nitrogens with one attached hydrogen (secondary N) is 1. The van der Waals surface area contributed by atoms with Crippen molar-refractivity contribution in [2.24, 2.45) is 0 Å². The first kappa shape index (κ1) is 11.2. The lowest BCUT2D eigenvalue weighted by molar-refractivity contribution is 0.0914. The molecule has 0 aliphatic rings. The molecule has 0 aliphatic heterocycles. The minimum absolute atomic E-state index is 0.102. The van der Waals surface area contributed by atoms with Crippen LogP contribution in [0, 0.1) is 0 Å². The summed E-state index contributed by atoms with van der Waals surface area (Å²) in [7, 11) is 0. The van der Waals surface area contributed by atoms with Crippen molar-refractivity contribution in [2.45, 2.75) is 25.9 Å². The molecule has 78 valence electrons. The van der Waals surface area contributed by atoms with E-state index in [9.17, 15) is 9.90 Å². The number of thiophene rings is 1. The molecule has 0 fully saturated rings. The molecule has 3 nitrogen and oxygen atoms in total. The summed E-state index contributed by atoms with van der Waals surface area (Å²) in [6.45, 7) is 2.34. The van der Waals surface area contributed by atoms with Crippen molar-refractivity contribution in [2.75, 3.05) is 6.54 Å². The average Bonchev–Trinajstić information content (AvgIpc) is 2.67. The van der Waals surface area contributed by atoms with Gasteiger partial charge in [-0.2, -0.15) is 0 Å². The van der Waals surface area contributed by atoms with E-state index in [-0.39, 0.29) is 5.91 Å². The van der Waals surface area contributed by atoms with Crippen molar-refractivity contribution >= 4 is 17.2 Å². The molecule has 1 heterocycles. The quantitative estimate of drug-likeness (QED) is 0.781. The minimum atomic E-state index is -0.427. The van der Waals surface area contributed by atoms with Crippen LogP contribution in [0.15, 0.2) is 17.5 Å². The van der Waals surface area contributed by atoms with Crippen LogP contribution in [0.25, 0.3) is 0 Å². The van der Waals surface area contributed by atoms with Crippen LogP contribution in [0.4, 0.5) is 0 Å². The summed E-state index contributed by atoms with van der Waals surface area (Å²) < 4.78 is 0. The van der Waals surface area contributed by atoms with Crippen molar-refractivity contribution in [1.82, 2.24) is 5.32 Å².